The average molecular weight is 341 g/mol. The molecule has 0 saturated carbocycles. The van der Waals surface area contributed by atoms with Crippen molar-refractivity contribution >= 4 is 23.7 Å². The van der Waals surface area contributed by atoms with Gasteiger partial charge in [0.1, 0.15) is 5.75 Å². The monoisotopic (exact) mass is 341 g/mol. The number of ether oxygens (including phenoxy) is 1. The average Bonchev–Trinajstić information content (AvgIpc) is 3.09. The Bertz CT molecular complexity index is 821. The molecule has 0 unspecified atom stereocenters. The predicted octanol–water partition coefficient (Wildman–Crippen LogP) is 3.48. The Hall–Kier alpha value is -2.80. The molecule has 3 aromatic rings. The second kappa shape index (κ2) is 7.65. The summed E-state index contributed by atoms with van der Waals surface area (Å²) in [6.07, 6.45) is 0. The number of anilines is 1. The summed E-state index contributed by atoms with van der Waals surface area (Å²) >= 11 is 1.44. The molecule has 0 radical (unpaired) electrons. The molecule has 0 fully saturated rings. The summed E-state index contributed by atoms with van der Waals surface area (Å²) in [5.74, 6) is 1.07. The Morgan fingerprint density at radius 3 is 2.79 bits per heavy atom. The number of hydrogen-bond donors (Lipinski definition) is 1. The third-order valence-electron chi connectivity index (χ3n) is 3.10. The maximum Gasteiger partial charge on any atom is 0.322 e. The lowest BCUT2D eigenvalue weighted by atomic mass is 10.2. The lowest BCUT2D eigenvalue weighted by Crippen LogP contribution is -2.14. The van der Waals surface area contributed by atoms with Gasteiger partial charge < -0.3 is 9.15 Å². The van der Waals surface area contributed by atoms with Crippen LogP contribution in [0.2, 0.25) is 0 Å². The second-order valence-corrected chi connectivity index (χ2v) is 5.84. The van der Waals surface area contributed by atoms with Crippen LogP contribution in [0, 0.1) is 0 Å². The molecule has 0 aliphatic rings. The third kappa shape index (κ3) is 4.14. The van der Waals surface area contributed by atoms with E-state index in [1.165, 1.54) is 11.8 Å². The van der Waals surface area contributed by atoms with Crippen LogP contribution in [0.3, 0.4) is 0 Å². The number of nitrogens with zero attached hydrogens (tertiary/aromatic N) is 2. The van der Waals surface area contributed by atoms with Crippen LogP contribution in [-0.4, -0.2) is 29.0 Å². The molecule has 1 aromatic heterocycles. The highest BCUT2D eigenvalue weighted by atomic mass is 32.2. The quantitative estimate of drug-likeness (QED) is 0.692. The minimum absolute atomic E-state index is 0.0754. The number of methoxy groups -OCH3 is 1. The number of amides is 1. The summed E-state index contributed by atoms with van der Waals surface area (Å²) in [6.45, 7) is 0. The van der Waals surface area contributed by atoms with E-state index in [2.05, 4.69) is 15.5 Å². The first-order valence-corrected chi connectivity index (χ1v) is 8.19. The van der Waals surface area contributed by atoms with Crippen molar-refractivity contribution in [1.29, 1.82) is 0 Å². The van der Waals surface area contributed by atoms with Gasteiger partial charge in [0.15, 0.2) is 0 Å². The van der Waals surface area contributed by atoms with E-state index < -0.39 is 0 Å². The van der Waals surface area contributed by atoms with Crippen molar-refractivity contribution in [2.75, 3.05) is 18.2 Å². The molecule has 0 atom stereocenters. The third-order valence-corrected chi connectivity index (χ3v) is 4.11. The van der Waals surface area contributed by atoms with Gasteiger partial charge in [-0.3, -0.25) is 10.1 Å². The first kappa shape index (κ1) is 16.1. The normalized spacial score (nSPS) is 10.4. The number of benzene rings is 2. The van der Waals surface area contributed by atoms with Crippen LogP contribution < -0.4 is 10.1 Å². The summed E-state index contributed by atoms with van der Waals surface area (Å²) < 4.78 is 10.6. The molecule has 1 heterocycles. The van der Waals surface area contributed by atoms with Crippen LogP contribution in [0.1, 0.15) is 0 Å². The summed E-state index contributed by atoms with van der Waals surface area (Å²) in [7, 11) is 1.59. The molecule has 0 aliphatic heterocycles. The standard InChI is InChI=1S/C17H15N3O3S/c1-22-13-7-5-6-12(10-13)16-19-20-17(23-16)18-15(21)11-24-14-8-3-2-4-9-14/h2-10H,11H2,1H3,(H,18,20,21). The lowest BCUT2D eigenvalue weighted by Gasteiger charge is -2.01. The highest BCUT2D eigenvalue weighted by molar-refractivity contribution is 8.00. The molecule has 0 saturated heterocycles. The predicted molar refractivity (Wildman–Crippen MR) is 92.1 cm³/mol. The van der Waals surface area contributed by atoms with Crippen LogP contribution in [0.5, 0.6) is 5.75 Å². The second-order valence-electron chi connectivity index (χ2n) is 4.79. The molecular formula is C17H15N3O3S. The van der Waals surface area contributed by atoms with Crippen molar-refractivity contribution in [3.8, 4) is 17.2 Å². The SMILES string of the molecule is COc1cccc(-c2nnc(NC(=O)CSc3ccccc3)o2)c1. The van der Waals surface area contributed by atoms with Gasteiger partial charge in [0.25, 0.3) is 0 Å². The smallest absolute Gasteiger partial charge is 0.322 e. The van der Waals surface area contributed by atoms with Crippen LogP contribution in [-0.2, 0) is 4.79 Å². The van der Waals surface area contributed by atoms with E-state index in [1.54, 1.807) is 13.2 Å². The van der Waals surface area contributed by atoms with Crippen molar-refractivity contribution in [2.45, 2.75) is 4.90 Å². The van der Waals surface area contributed by atoms with Gasteiger partial charge in [-0.15, -0.1) is 16.9 Å². The fourth-order valence-corrected chi connectivity index (χ4v) is 2.69. The first-order valence-electron chi connectivity index (χ1n) is 7.20. The Labute approximate surface area is 143 Å². The minimum Gasteiger partial charge on any atom is -0.497 e. The zero-order chi connectivity index (χ0) is 16.8. The highest BCUT2D eigenvalue weighted by Crippen LogP contribution is 2.24. The molecule has 0 bridgehead atoms. The van der Waals surface area contributed by atoms with E-state index in [9.17, 15) is 4.79 Å². The number of aromatic nitrogens is 2. The summed E-state index contributed by atoms with van der Waals surface area (Å²) in [6, 6.07) is 17.0. The van der Waals surface area contributed by atoms with Gasteiger partial charge in [0, 0.05) is 10.5 Å². The number of carbonyl (C=O) groups excluding carboxylic acids is 1. The number of nitrogens with one attached hydrogen (secondary N) is 1. The Morgan fingerprint density at radius 2 is 2.00 bits per heavy atom. The van der Waals surface area contributed by atoms with E-state index in [0.29, 0.717) is 11.6 Å². The van der Waals surface area contributed by atoms with Gasteiger partial charge in [0.2, 0.25) is 11.8 Å². The van der Waals surface area contributed by atoms with Gasteiger partial charge in [-0.25, -0.2) is 0 Å². The molecule has 0 aliphatic carbocycles. The molecule has 6 nitrogen and oxygen atoms in total. The van der Waals surface area contributed by atoms with Crippen LogP contribution in [0.15, 0.2) is 63.9 Å². The zero-order valence-electron chi connectivity index (χ0n) is 12.9. The molecular weight excluding hydrogens is 326 g/mol. The molecule has 2 aromatic carbocycles. The van der Waals surface area contributed by atoms with Crippen LogP contribution in [0.25, 0.3) is 11.5 Å². The zero-order valence-corrected chi connectivity index (χ0v) is 13.7. The molecule has 24 heavy (non-hydrogen) atoms. The van der Waals surface area contributed by atoms with E-state index in [4.69, 9.17) is 9.15 Å². The Kier molecular flexibility index (Phi) is 5.12. The summed E-state index contributed by atoms with van der Waals surface area (Å²) in [5.41, 5.74) is 0.723. The fourth-order valence-electron chi connectivity index (χ4n) is 1.97. The van der Waals surface area contributed by atoms with Gasteiger partial charge in [-0.2, -0.15) is 0 Å². The number of hydrogen-bond acceptors (Lipinski definition) is 6. The maximum atomic E-state index is 12.0. The molecule has 1 amide bonds. The van der Waals surface area contributed by atoms with E-state index in [-0.39, 0.29) is 17.7 Å². The number of rotatable bonds is 6. The fraction of sp³-hybridized carbons (Fsp3) is 0.118. The topological polar surface area (TPSA) is 77.3 Å². The van der Waals surface area contributed by atoms with Crippen LogP contribution in [0.4, 0.5) is 6.01 Å². The molecule has 3 rings (SSSR count). The Morgan fingerprint density at radius 1 is 1.17 bits per heavy atom. The van der Waals surface area contributed by atoms with Gasteiger partial charge in [0.05, 0.1) is 12.9 Å². The van der Waals surface area contributed by atoms with Crippen molar-refractivity contribution < 1.29 is 13.9 Å². The molecule has 122 valence electrons. The van der Waals surface area contributed by atoms with Crippen molar-refractivity contribution in [3.05, 3.63) is 54.6 Å². The summed E-state index contributed by atoms with van der Waals surface area (Å²) in [4.78, 5) is 13.0. The molecule has 7 heteroatoms. The lowest BCUT2D eigenvalue weighted by molar-refractivity contribution is -0.113. The number of carbonyl (C=O) groups is 1. The van der Waals surface area contributed by atoms with E-state index >= 15 is 0 Å². The van der Waals surface area contributed by atoms with E-state index in [1.807, 2.05) is 48.5 Å². The molecule has 1 N–H and O–H groups in total. The van der Waals surface area contributed by atoms with Crippen LogP contribution >= 0.6 is 11.8 Å². The van der Waals surface area contributed by atoms with E-state index in [0.717, 1.165) is 10.5 Å². The largest absolute Gasteiger partial charge is 0.497 e. The van der Waals surface area contributed by atoms with Gasteiger partial charge >= 0.3 is 6.01 Å². The van der Waals surface area contributed by atoms with Gasteiger partial charge in [-0.05, 0) is 30.3 Å². The van der Waals surface area contributed by atoms with Crippen molar-refractivity contribution in [1.82, 2.24) is 10.2 Å². The highest BCUT2D eigenvalue weighted by Gasteiger charge is 2.12. The van der Waals surface area contributed by atoms with Gasteiger partial charge in [-0.1, -0.05) is 29.4 Å². The summed E-state index contributed by atoms with van der Waals surface area (Å²) in [5, 5.41) is 10.4. The minimum atomic E-state index is -0.204. The number of thioether (sulfide) groups is 1. The maximum absolute atomic E-state index is 12.0. The van der Waals surface area contributed by atoms with Crippen molar-refractivity contribution in [3.63, 3.8) is 0 Å². The molecule has 0 spiro atoms. The first-order chi connectivity index (χ1) is 11.7. The van der Waals surface area contributed by atoms with Crippen molar-refractivity contribution in [2.24, 2.45) is 0 Å². The Balaban J connectivity index is 1.60.